The average Bonchev–Trinajstić information content (AvgIpc) is 2.41. The average molecular weight is 362 g/mol. The molecule has 0 aliphatic rings. The first-order chi connectivity index (χ1) is 9.51. The van der Waals surface area contributed by atoms with Crippen LogP contribution in [0.4, 0.5) is 8.78 Å². The van der Waals surface area contributed by atoms with Crippen LogP contribution in [0.3, 0.4) is 0 Å². The van der Waals surface area contributed by atoms with Crippen molar-refractivity contribution in [1.82, 2.24) is 5.43 Å². The molecule has 0 aliphatic carbocycles. The van der Waals surface area contributed by atoms with Gasteiger partial charge in [-0.15, -0.1) is 0 Å². The van der Waals surface area contributed by atoms with Gasteiger partial charge in [0.1, 0.15) is 11.6 Å². The van der Waals surface area contributed by atoms with E-state index in [9.17, 15) is 8.78 Å². The number of nitrogens with one attached hydrogen (secondary N) is 1. The summed E-state index contributed by atoms with van der Waals surface area (Å²) in [7, 11) is 0. The summed E-state index contributed by atoms with van der Waals surface area (Å²) in [5.41, 5.74) is 3.75. The van der Waals surface area contributed by atoms with Gasteiger partial charge >= 0.3 is 0 Å². The number of hydrogen-bond acceptors (Lipinski definition) is 2. The van der Waals surface area contributed by atoms with Gasteiger partial charge in [-0.1, -0.05) is 33.6 Å². The summed E-state index contributed by atoms with van der Waals surface area (Å²) < 4.78 is 27.5. The lowest BCUT2D eigenvalue weighted by molar-refractivity contribution is 0.509. The molecule has 0 amide bonds. The minimum atomic E-state index is -0.463. The van der Waals surface area contributed by atoms with E-state index in [1.807, 2.05) is 0 Å². The molecule has 20 heavy (non-hydrogen) atoms. The van der Waals surface area contributed by atoms with Crippen molar-refractivity contribution in [3.8, 4) is 0 Å². The third-order valence-electron chi connectivity index (χ3n) is 2.97. The molecule has 0 saturated heterocycles. The van der Waals surface area contributed by atoms with Crippen molar-refractivity contribution in [2.75, 3.05) is 0 Å². The molecule has 1 atom stereocenters. The Hall–Kier alpha value is -1.01. The van der Waals surface area contributed by atoms with Gasteiger partial charge in [0.05, 0.1) is 6.04 Å². The second-order valence-electron chi connectivity index (χ2n) is 4.32. The van der Waals surface area contributed by atoms with Crippen molar-refractivity contribution in [2.45, 2.75) is 12.5 Å². The van der Waals surface area contributed by atoms with E-state index >= 15 is 0 Å². The topological polar surface area (TPSA) is 38.0 Å². The highest BCUT2D eigenvalue weighted by molar-refractivity contribution is 9.10. The SMILES string of the molecule is NNC(Cc1ccc(F)cc1Br)c1cc(Cl)ccc1F. The van der Waals surface area contributed by atoms with Crippen LogP contribution in [0.25, 0.3) is 0 Å². The van der Waals surface area contributed by atoms with Crippen LogP contribution in [-0.4, -0.2) is 0 Å². The number of hydrazine groups is 1. The van der Waals surface area contributed by atoms with E-state index in [-0.39, 0.29) is 5.82 Å². The Kier molecular flexibility index (Phi) is 5.10. The van der Waals surface area contributed by atoms with Crippen molar-refractivity contribution in [1.29, 1.82) is 0 Å². The molecule has 3 N–H and O–H groups in total. The largest absolute Gasteiger partial charge is 0.271 e. The summed E-state index contributed by atoms with van der Waals surface area (Å²) in [6.45, 7) is 0. The zero-order valence-corrected chi connectivity index (χ0v) is 12.7. The molecule has 0 spiro atoms. The van der Waals surface area contributed by atoms with Gasteiger partial charge in [0, 0.05) is 15.1 Å². The van der Waals surface area contributed by atoms with Gasteiger partial charge in [-0.2, -0.15) is 0 Å². The Morgan fingerprint density at radius 1 is 1.20 bits per heavy atom. The molecule has 6 heteroatoms. The molecular weight excluding hydrogens is 350 g/mol. The highest BCUT2D eigenvalue weighted by Gasteiger charge is 2.17. The number of rotatable bonds is 4. The zero-order valence-electron chi connectivity index (χ0n) is 10.3. The predicted molar refractivity (Wildman–Crippen MR) is 79.3 cm³/mol. The molecule has 2 rings (SSSR count). The summed E-state index contributed by atoms with van der Waals surface area (Å²) in [5.74, 6) is 4.77. The smallest absolute Gasteiger partial charge is 0.128 e. The highest BCUT2D eigenvalue weighted by Crippen LogP contribution is 2.27. The van der Waals surface area contributed by atoms with Crippen LogP contribution in [0.5, 0.6) is 0 Å². The molecule has 2 aromatic rings. The maximum atomic E-state index is 13.8. The number of benzene rings is 2. The quantitative estimate of drug-likeness (QED) is 0.635. The van der Waals surface area contributed by atoms with Crippen LogP contribution in [-0.2, 0) is 6.42 Å². The third kappa shape index (κ3) is 3.55. The monoisotopic (exact) mass is 360 g/mol. The highest BCUT2D eigenvalue weighted by atomic mass is 79.9. The van der Waals surface area contributed by atoms with Crippen LogP contribution in [0.15, 0.2) is 40.9 Å². The van der Waals surface area contributed by atoms with E-state index in [2.05, 4.69) is 21.4 Å². The second-order valence-corrected chi connectivity index (χ2v) is 5.62. The molecule has 0 fully saturated rings. The maximum Gasteiger partial charge on any atom is 0.128 e. The van der Waals surface area contributed by atoms with E-state index in [0.29, 0.717) is 21.5 Å². The molecule has 0 saturated carbocycles. The number of halogens is 4. The molecule has 0 radical (unpaired) electrons. The van der Waals surface area contributed by atoms with Crippen molar-refractivity contribution in [2.24, 2.45) is 5.84 Å². The van der Waals surface area contributed by atoms with E-state index < -0.39 is 11.9 Å². The van der Waals surface area contributed by atoms with Crippen molar-refractivity contribution in [3.63, 3.8) is 0 Å². The fraction of sp³-hybridized carbons (Fsp3) is 0.143. The van der Waals surface area contributed by atoms with Gasteiger partial charge in [-0.25, -0.2) is 8.78 Å². The van der Waals surface area contributed by atoms with Gasteiger partial charge in [0.15, 0.2) is 0 Å². The molecule has 2 nitrogen and oxygen atoms in total. The van der Waals surface area contributed by atoms with Gasteiger partial charge < -0.3 is 0 Å². The van der Waals surface area contributed by atoms with E-state index in [4.69, 9.17) is 17.4 Å². The van der Waals surface area contributed by atoms with Crippen LogP contribution in [0.1, 0.15) is 17.2 Å². The minimum absolute atomic E-state index is 0.341. The molecular formula is C14H12BrClF2N2. The van der Waals surface area contributed by atoms with Crippen LogP contribution in [0.2, 0.25) is 5.02 Å². The van der Waals surface area contributed by atoms with Gasteiger partial charge in [0.25, 0.3) is 0 Å². The van der Waals surface area contributed by atoms with E-state index in [0.717, 1.165) is 5.56 Å². The summed E-state index contributed by atoms with van der Waals surface area (Å²) in [6, 6.07) is 8.17. The Labute approximate surface area is 129 Å². The first-order valence-corrected chi connectivity index (χ1v) is 7.03. The molecule has 1 unspecified atom stereocenters. The molecule has 0 heterocycles. The lowest BCUT2D eigenvalue weighted by Crippen LogP contribution is -2.30. The van der Waals surface area contributed by atoms with E-state index in [1.165, 1.54) is 30.3 Å². The Morgan fingerprint density at radius 2 is 1.95 bits per heavy atom. The first-order valence-electron chi connectivity index (χ1n) is 5.86. The minimum Gasteiger partial charge on any atom is -0.271 e. The van der Waals surface area contributed by atoms with Crippen LogP contribution in [0, 0.1) is 11.6 Å². The summed E-state index contributed by atoms with van der Waals surface area (Å²) in [5, 5.41) is 0.430. The Balaban J connectivity index is 2.31. The van der Waals surface area contributed by atoms with Crippen molar-refractivity contribution in [3.05, 3.63) is 68.7 Å². The lowest BCUT2D eigenvalue weighted by Gasteiger charge is -2.18. The summed E-state index contributed by atoms with van der Waals surface area (Å²) in [4.78, 5) is 0. The fourth-order valence-corrected chi connectivity index (χ4v) is 2.64. The Morgan fingerprint density at radius 3 is 2.60 bits per heavy atom. The Bertz CT molecular complexity index is 622. The van der Waals surface area contributed by atoms with Gasteiger partial charge in [-0.05, 0) is 42.3 Å². The normalized spacial score (nSPS) is 12.4. The maximum absolute atomic E-state index is 13.8. The standard InChI is InChI=1S/C14H12BrClF2N2/c15-12-7-10(17)3-1-8(12)5-14(20-19)11-6-9(16)2-4-13(11)18/h1-4,6-7,14,20H,5,19H2. The van der Waals surface area contributed by atoms with E-state index in [1.54, 1.807) is 6.07 Å². The molecule has 0 bridgehead atoms. The number of hydrogen-bond donors (Lipinski definition) is 2. The third-order valence-corrected chi connectivity index (χ3v) is 3.95. The van der Waals surface area contributed by atoms with Crippen LogP contribution >= 0.6 is 27.5 Å². The van der Waals surface area contributed by atoms with Gasteiger partial charge in [-0.3, -0.25) is 11.3 Å². The van der Waals surface area contributed by atoms with Crippen LogP contribution < -0.4 is 11.3 Å². The summed E-state index contributed by atoms with van der Waals surface area (Å²) in [6.07, 6.45) is 0.397. The summed E-state index contributed by atoms with van der Waals surface area (Å²) >= 11 is 9.16. The number of nitrogens with two attached hydrogens (primary N) is 1. The van der Waals surface area contributed by atoms with Gasteiger partial charge in [0.2, 0.25) is 0 Å². The lowest BCUT2D eigenvalue weighted by atomic mass is 9.99. The van der Waals surface area contributed by atoms with Crippen molar-refractivity contribution >= 4 is 27.5 Å². The predicted octanol–water partition coefficient (Wildman–Crippen LogP) is 4.13. The zero-order chi connectivity index (χ0) is 14.7. The molecule has 2 aromatic carbocycles. The first kappa shape index (κ1) is 15.4. The fourth-order valence-electron chi connectivity index (χ4n) is 1.95. The second kappa shape index (κ2) is 6.63. The van der Waals surface area contributed by atoms with Crippen molar-refractivity contribution < 1.29 is 8.78 Å². The molecule has 106 valence electrons. The molecule has 0 aromatic heterocycles. The molecule has 0 aliphatic heterocycles.